The van der Waals surface area contributed by atoms with Gasteiger partial charge in [-0.1, -0.05) is 63.2 Å². The van der Waals surface area contributed by atoms with Gasteiger partial charge in [0.15, 0.2) is 0 Å². The molecule has 1 N–H and O–H groups in total. The standard InChI is InChI=1S/C39H54N2O7Si/c1-38(2,3)47-37(44)41-25-30-24-35(48-49(9,10)39(4,5)6)32(22-29(30)23-33(41)36(43)45-8)40(7)21-20-34(42)28-16-18-31(19-17-28)46-26-27-14-12-11-13-15-27/h11-19,22,24,33-34,42H,20-21,23,25-26H2,1-10H3/t33-,34-/m0/s1. The summed E-state index contributed by atoms with van der Waals surface area (Å²) in [4.78, 5) is 29.8. The Bertz CT molecular complexity index is 1580. The number of benzene rings is 3. The highest BCUT2D eigenvalue weighted by atomic mass is 28.4. The van der Waals surface area contributed by atoms with Crippen molar-refractivity contribution < 1.29 is 33.3 Å². The fraction of sp³-hybridized carbons (Fsp3) is 0.487. The number of carbonyl (C=O) groups excluding carboxylic acids is 2. The Kier molecular flexibility index (Phi) is 11.8. The smallest absolute Gasteiger partial charge is 0.411 e. The molecule has 1 amide bonds. The maximum absolute atomic E-state index is 13.3. The third-order valence-electron chi connectivity index (χ3n) is 9.35. The van der Waals surface area contributed by atoms with Gasteiger partial charge in [-0.25, -0.2) is 9.59 Å². The second kappa shape index (κ2) is 15.3. The summed E-state index contributed by atoms with van der Waals surface area (Å²) in [5, 5.41) is 11.1. The topological polar surface area (TPSA) is 97.8 Å². The minimum atomic E-state index is -2.27. The van der Waals surface area contributed by atoms with E-state index in [4.69, 9.17) is 18.6 Å². The number of aliphatic hydroxyl groups excluding tert-OH is 1. The molecule has 0 fully saturated rings. The van der Waals surface area contributed by atoms with Gasteiger partial charge in [0.2, 0.25) is 0 Å². The van der Waals surface area contributed by atoms with Gasteiger partial charge in [0, 0.05) is 20.0 Å². The Hall–Kier alpha value is -4.02. The largest absolute Gasteiger partial charge is 0.542 e. The Morgan fingerprint density at radius 2 is 1.63 bits per heavy atom. The Balaban J connectivity index is 1.56. The molecular weight excluding hydrogens is 637 g/mol. The third kappa shape index (κ3) is 9.79. The number of ether oxygens (including phenoxy) is 3. The van der Waals surface area contributed by atoms with Gasteiger partial charge < -0.3 is 28.6 Å². The second-order valence-corrected chi connectivity index (χ2v) is 20.1. The molecule has 3 aromatic rings. The molecule has 2 atom stereocenters. The number of nitrogens with zero attached hydrogens (tertiary/aromatic N) is 2. The number of aliphatic hydroxyl groups is 1. The zero-order chi connectivity index (χ0) is 36.1. The van der Waals surface area contributed by atoms with Gasteiger partial charge in [-0.3, -0.25) is 4.90 Å². The van der Waals surface area contributed by atoms with E-state index in [0.717, 1.165) is 39.4 Å². The molecule has 266 valence electrons. The van der Waals surface area contributed by atoms with E-state index < -0.39 is 38.1 Å². The molecule has 0 aromatic heterocycles. The molecule has 10 heteroatoms. The molecule has 0 aliphatic carbocycles. The lowest BCUT2D eigenvalue weighted by molar-refractivity contribution is -0.147. The number of anilines is 1. The van der Waals surface area contributed by atoms with Crippen molar-refractivity contribution in [3.8, 4) is 11.5 Å². The number of carbonyl (C=O) groups is 2. The van der Waals surface area contributed by atoms with E-state index in [-0.39, 0.29) is 18.0 Å². The lowest BCUT2D eigenvalue weighted by Crippen LogP contribution is -2.50. The fourth-order valence-electron chi connectivity index (χ4n) is 5.40. The Morgan fingerprint density at radius 3 is 2.22 bits per heavy atom. The fourth-order valence-corrected chi connectivity index (χ4v) is 6.42. The summed E-state index contributed by atoms with van der Waals surface area (Å²) in [5.41, 5.74) is 3.89. The van der Waals surface area contributed by atoms with Crippen LogP contribution < -0.4 is 14.1 Å². The van der Waals surface area contributed by atoms with E-state index in [9.17, 15) is 14.7 Å². The van der Waals surface area contributed by atoms with Crippen molar-refractivity contribution in [1.82, 2.24) is 4.90 Å². The van der Waals surface area contributed by atoms with Crippen molar-refractivity contribution in [2.75, 3.05) is 25.6 Å². The van der Waals surface area contributed by atoms with Crippen LogP contribution >= 0.6 is 0 Å². The first-order valence-electron chi connectivity index (χ1n) is 17.0. The number of fused-ring (bicyclic) bond motifs is 1. The van der Waals surface area contributed by atoms with Gasteiger partial charge >= 0.3 is 12.1 Å². The Labute approximate surface area is 293 Å². The molecule has 0 saturated heterocycles. The van der Waals surface area contributed by atoms with Crippen LogP contribution in [0.5, 0.6) is 11.5 Å². The van der Waals surface area contributed by atoms with Crippen molar-refractivity contribution in [3.05, 3.63) is 89.0 Å². The number of hydrogen-bond acceptors (Lipinski definition) is 8. The number of hydrogen-bond donors (Lipinski definition) is 1. The number of esters is 1. The van der Waals surface area contributed by atoms with Crippen LogP contribution in [-0.2, 0) is 33.8 Å². The molecule has 0 saturated carbocycles. The van der Waals surface area contributed by atoms with Crippen molar-refractivity contribution >= 4 is 26.1 Å². The molecule has 49 heavy (non-hydrogen) atoms. The predicted molar refractivity (Wildman–Crippen MR) is 196 cm³/mol. The maximum Gasteiger partial charge on any atom is 0.411 e. The van der Waals surface area contributed by atoms with E-state index >= 15 is 0 Å². The average Bonchev–Trinajstić information content (AvgIpc) is 3.04. The van der Waals surface area contributed by atoms with Gasteiger partial charge in [-0.2, -0.15) is 0 Å². The summed E-state index contributed by atoms with van der Waals surface area (Å²) in [6.45, 7) is 17.6. The zero-order valence-electron chi connectivity index (χ0n) is 30.8. The minimum absolute atomic E-state index is 0.0512. The van der Waals surface area contributed by atoms with E-state index in [1.165, 1.54) is 12.0 Å². The summed E-state index contributed by atoms with van der Waals surface area (Å²) in [7, 11) is 1.04. The zero-order valence-corrected chi connectivity index (χ0v) is 31.8. The molecule has 3 aromatic carbocycles. The van der Waals surface area contributed by atoms with Gasteiger partial charge in [0.05, 0.1) is 25.4 Å². The summed E-state index contributed by atoms with van der Waals surface area (Å²) < 4.78 is 23.6. The number of amides is 1. The lowest BCUT2D eigenvalue weighted by Gasteiger charge is -2.40. The van der Waals surface area contributed by atoms with Crippen molar-refractivity contribution in [2.45, 2.75) is 103 Å². The molecule has 0 bridgehead atoms. The van der Waals surface area contributed by atoms with Gasteiger partial charge in [0.25, 0.3) is 8.32 Å². The highest BCUT2D eigenvalue weighted by molar-refractivity contribution is 6.74. The average molecular weight is 691 g/mol. The predicted octanol–water partition coefficient (Wildman–Crippen LogP) is 8.04. The first-order chi connectivity index (χ1) is 22.9. The van der Waals surface area contributed by atoms with Crippen LogP contribution in [0.3, 0.4) is 0 Å². The third-order valence-corrected chi connectivity index (χ3v) is 13.7. The first-order valence-corrected chi connectivity index (χ1v) is 19.9. The molecular formula is C39H54N2O7Si. The lowest BCUT2D eigenvalue weighted by atomic mass is 9.93. The highest BCUT2D eigenvalue weighted by Crippen LogP contribution is 2.42. The van der Waals surface area contributed by atoms with E-state index in [0.29, 0.717) is 19.6 Å². The van der Waals surface area contributed by atoms with Crippen LogP contribution in [0.2, 0.25) is 18.1 Å². The first kappa shape index (κ1) is 37.8. The van der Waals surface area contributed by atoms with Gasteiger partial charge in [-0.15, -0.1) is 0 Å². The molecule has 1 aliphatic rings. The van der Waals surface area contributed by atoms with Crippen LogP contribution in [0.25, 0.3) is 0 Å². The molecule has 0 spiro atoms. The van der Waals surface area contributed by atoms with Crippen LogP contribution in [0, 0.1) is 0 Å². The Morgan fingerprint density at radius 1 is 0.980 bits per heavy atom. The van der Waals surface area contributed by atoms with Crippen LogP contribution in [0.4, 0.5) is 10.5 Å². The molecule has 0 unspecified atom stereocenters. The number of methoxy groups -OCH3 is 1. The van der Waals surface area contributed by atoms with E-state index in [1.54, 1.807) is 20.8 Å². The summed E-state index contributed by atoms with van der Waals surface area (Å²) in [5.74, 6) is 0.976. The van der Waals surface area contributed by atoms with Crippen molar-refractivity contribution in [3.63, 3.8) is 0 Å². The summed E-state index contributed by atoms with van der Waals surface area (Å²) in [6.07, 6.45) is -0.483. The maximum atomic E-state index is 13.3. The summed E-state index contributed by atoms with van der Waals surface area (Å²) in [6, 6.07) is 20.8. The molecule has 1 heterocycles. The van der Waals surface area contributed by atoms with Crippen LogP contribution in [0.1, 0.15) is 76.3 Å². The SMILES string of the molecule is COC(=O)[C@@H]1Cc2cc(N(C)CC[C@H](O)c3ccc(OCc4ccccc4)cc3)c(O[Si](C)(C)C(C)(C)C)cc2CN1C(=O)OC(C)(C)C. The molecule has 1 aliphatic heterocycles. The molecule has 9 nitrogen and oxygen atoms in total. The second-order valence-electron chi connectivity index (χ2n) is 15.4. The summed E-state index contributed by atoms with van der Waals surface area (Å²) >= 11 is 0. The quantitative estimate of drug-likeness (QED) is 0.160. The van der Waals surface area contributed by atoms with Crippen molar-refractivity contribution in [1.29, 1.82) is 0 Å². The normalized spacial score (nSPS) is 15.6. The monoisotopic (exact) mass is 690 g/mol. The van der Waals surface area contributed by atoms with E-state index in [2.05, 4.69) is 44.8 Å². The van der Waals surface area contributed by atoms with Crippen LogP contribution in [-0.4, -0.2) is 62.7 Å². The number of rotatable bonds is 11. The minimum Gasteiger partial charge on any atom is -0.542 e. The molecule has 0 radical (unpaired) electrons. The molecule has 4 rings (SSSR count). The van der Waals surface area contributed by atoms with Gasteiger partial charge in [-0.05, 0) is 91.8 Å². The van der Waals surface area contributed by atoms with E-state index in [1.807, 2.05) is 67.7 Å². The van der Waals surface area contributed by atoms with Crippen LogP contribution in [0.15, 0.2) is 66.7 Å². The van der Waals surface area contributed by atoms with Gasteiger partial charge in [0.1, 0.15) is 29.7 Å². The highest BCUT2D eigenvalue weighted by Gasteiger charge is 2.41. The van der Waals surface area contributed by atoms with Crippen molar-refractivity contribution in [2.24, 2.45) is 0 Å².